The smallest absolute Gasteiger partial charge is 0.137 e. The minimum Gasteiger partial charge on any atom is -0.497 e. The van der Waals surface area contributed by atoms with Gasteiger partial charge in [-0.2, -0.15) is 0 Å². The van der Waals surface area contributed by atoms with E-state index in [9.17, 15) is 4.39 Å². The molecule has 0 amide bonds. The first kappa shape index (κ1) is 13.3. The van der Waals surface area contributed by atoms with Crippen molar-refractivity contribution >= 4 is 16.7 Å². The molecule has 0 aliphatic heterocycles. The Hall–Kier alpha value is -2.69. The van der Waals surface area contributed by atoms with Gasteiger partial charge in [-0.1, -0.05) is 12.1 Å². The highest BCUT2D eigenvalue weighted by Gasteiger charge is 2.05. The first-order valence-electron chi connectivity index (χ1n) is 6.53. The van der Waals surface area contributed by atoms with Crippen LogP contribution in [0.3, 0.4) is 0 Å². The molecule has 21 heavy (non-hydrogen) atoms. The van der Waals surface area contributed by atoms with Crippen molar-refractivity contribution in [2.75, 3.05) is 12.4 Å². The number of rotatable bonds is 4. The Bertz CT molecular complexity index is 759. The van der Waals surface area contributed by atoms with Crippen LogP contribution in [0.2, 0.25) is 0 Å². The average Bonchev–Trinajstić information content (AvgIpc) is 2.53. The Balaban J connectivity index is 1.85. The number of halogens is 1. The monoisotopic (exact) mass is 283 g/mol. The molecule has 1 aromatic heterocycles. The number of benzene rings is 2. The quantitative estimate of drug-likeness (QED) is 0.797. The van der Waals surface area contributed by atoms with E-state index in [0.717, 1.165) is 28.0 Å². The number of ether oxygens (including phenoxy) is 1. The van der Waals surface area contributed by atoms with Crippen molar-refractivity contribution in [2.45, 2.75) is 6.54 Å². The van der Waals surface area contributed by atoms with Crippen LogP contribution in [0, 0.1) is 5.82 Å². The molecule has 0 saturated heterocycles. The van der Waals surface area contributed by atoms with E-state index in [-0.39, 0.29) is 5.82 Å². The Kier molecular flexibility index (Phi) is 3.64. The summed E-state index contributed by atoms with van der Waals surface area (Å²) in [4.78, 5) is 8.49. The molecule has 2 aromatic carbocycles. The molecule has 0 fully saturated rings. The topological polar surface area (TPSA) is 47.0 Å². The standard InChI is InChI=1S/C16H14FN3O/c1-21-13-6-7-14-15(8-13)19-10-20-16(14)18-9-11-2-4-12(17)5-3-11/h2-8,10H,9H2,1H3,(H,18,19,20). The minimum absolute atomic E-state index is 0.238. The highest BCUT2D eigenvalue weighted by molar-refractivity contribution is 5.89. The Labute approximate surface area is 121 Å². The molecule has 106 valence electrons. The molecule has 3 aromatic rings. The number of fused-ring (bicyclic) bond motifs is 1. The van der Waals surface area contributed by atoms with Gasteiger partial charge in [0.2, 0.25) is 0 Å². The summed E-state index contributed by atoms with van der Waals surface area (Å²) in [6, 6.07) is 12.0. The molecule has 3 rings (SSSR count). The Morgan fingerprint density at radius 1 is 1.10 bits per heavy atom. The van der Waals surface area contributed by atoms with Gasteiger partial charge in [-0.15, -0.1) is 0 Å². The highest BCUT2D eigenvalue weighted by atomic mass is 19.1. The van der Waals surface area contributed by atoms with Crippen molar-refractivity contribution in [1.29, 1.82) is 0 Å². The van der Waals surface area contributed by atoms with Crippen molar-refractivity contribution in [3.8, 4) is 5.75 Å². The maximum Gasteiger partial charge on any atom is 0.137 e. The first-order valence-corrected chi connectivity index (χ1v) is 6.53. The lowest BCUT2D eigenvalue weighted by molar-refractivity contribution is 0.415. The number of aromatic nitrogens is 2. The van der Waals surface area contributed by atoms with E-state index in [1.54, 1.807) is 19.2 Å². The predicted octanol–water partition coefficient (Wildman–Crippen LogP) is 3.39. The molecular formula is C16H14FN3O. The molecule has 1 heterocycles. The van der Waals surface area contributed by atoms with Crippen LogP contribution < -0.4 is 10.1 Å². The molecule has 0 bridgehead atoms. The maximum absolute atomic E-state index is 12.9. The number of hydrogen-bond acceptors (Lipinski definition) is 4. The van der Waals surface area contributed by atoms with Gasteiger partial charge >= 0.3 is 0 Å². The van der Waals surface area contributed by atoms with Gasteiger partial charge in [0, 0.05) is 18.0 Å². The molecule has 0 saturated carbocycles. The van der Waals surface area contributed by atoms with Gasteiger partial charge in [-0.3, -0.25) is 0 Å². The van der Waals surface area contributed by atoms with Crippen LogP contribution in [-0.2, 0) is 6.54 Å². The lowest BCUT2D eigenvalue weighted by atomic mass is 10.2. The normalized spacial score (nSPS) is 10.6. The lowest BCUT2D eigenvalue weighted by Gasteiger charge is -2.09. The predicted molar refractivity (Wildman–Crippen MR) is 79.8 cm³/mol. The van der Waals surface area contributed by atoms with E-state index in [4.69, 9.17) is 4.74 Å². The van der Waals surface area contributed by atoms with Crippen LogP contribution in [0.4, 0.5) is 10.2 Å². The van der Waals surface area contributed by atoms with E-state index >= 15 is 0 Å². The molecule has 0 atom stereocenters. The summed E-state index contributed by atoms with van der Waals surface area (Å²) in [5.74, 6) is 1.26. The molecule has 0 aliphatic rings. The van der Waals surface area contributed by atoms with Crippen molar-refractivity contribution < 1.29 is 9.13 Å². The van der Waals surface area contributed by atoms with E-state index in [2.05, 4.69) is 15.3 Å². The van der Waals surface area contributed by atoms with E-state index in [1.165, 1.54) is 18.5 Å². The number of anilines is 1. The van der Waals surface area contributed by atoms with Crippen molar-refractivity contribution in [3.63, 3.8) is 0 Å². The van der Waals surface area contributed by atoms with Gasteiger partial charge in [0.05, 0.1) is 12.6 Å². The summed E-state index contributed by atoms with van der Waals surface area (Å²) in [6.07, 6.45) is 1.51. The van der Waals surface area contributed by atoms with Crippen LogP contribution in [0.1, 0.15) is 5.56 Å². The third-order valence-electron chi connectivity index (χ3n) is 3.22. The highest BCUT2D eigenvalue weighted by Crippen LogP contribution is 2.23. The van der Waals surface area contributed by atoms with Gasteiger partial charge in [0.15, 0.2) is 0 Å². The van der Waals surface area contributed by atoms with Gasteiger partial charge in [-0.05, 0) is 29.8 Å². The van der Waals surface area contributed by atoms with Crippen LogP contribution in [0.5, 0.6) is 5.75 Å². The number of nitrogens with one attached hydrogen (secondary N) is 1. The minimum atomic E-state index is -0.238. The summed E-state index contributed by atoms with van der Waals surface area (Å²) in [5, 5.41) is 4.16. The molecule has 1 N–H and O–H groups in total. The number of nitrogens with zero attached hydrogens (tertiary/aromatic N) is 2. The zero-order chi connectivity index (χ0) is 14.7. The zero-order valence-corrected chi connectivity index (χ0v) is 11.5. The van der Waals surface area contributed by atoms with Gasteiger partial charge in [0.1, 0.15) is 23.7 Å². The summed E-state index contributed by atoms with van der Waals surface area (Å²) in [6.45, 7) is 0.568. The van der Waals surface area contributed by atoms with Crippen LogP contribution >= 0.6 is 0 Å². The molecule has 4 nitrogen and oxygen atoms in total. The SMILES string of the molecule is COc1ccc2c(NCc3ccc(F)cc3)ncnc2c1. The molecule has 0 unspecified atom stereocenters. The van der Waals surface area contributed by atoms with E-state index in [1.807, 2.05) is 18.2 Å². The van der Waals surface area contributed by atoms with Crippen LogP contribution in [-0.4, -0.2) is 17.1 Å². The number of hydrogen-bond donors (Lipinski definition) is 1. The largest absolute Gasteiger partial charge is 0.497 e. The second-order valence-corrected chi connectivity index (χ2v) is 4.59. The Morgan fingerprint density at radius 2 is 1.90 bits per heavy atom. The second kappa shape index (κ2) is 5.75. The van der Waals surface area contributed by atoms with Gasteiger partial charge in [0.25, 0.3) is 0 Å². The van der Waals surface area contributed by atoms with Crippen molar-refractivity contribution in [1.82, 2.24) is 9.97 Å². The second-order valence-electron chi connectivity index (χ2n) is 4.59. The molecule has 0 aliphatic carbocycles. The molecule has 5 heteroatoms. The average molecular weight is 283 g/mol. The van der Waals surface area contributed by atoms with Crippen molar-refractivity contribution in [2.24, 2.45) is 0 Å². The summed E-state index contributed by atoms with van der Waals surface area (Å²) in [7, 11) is 1.62. The summed E-state index contributed by atoms with van der Waals surface area (Å²) in [5.41, 5.74) is 1.79. The van der Waals surface area contributed by atoms with Crippen molar-refractivity contribution in [3.05, 3.63) is 60.2 Å². The van der Waals surface area contributed by atoms with Gasteiger partial charge < -0.3 is 10.1 Å². The van der Waals surface area contributed by atoms with Crippen LogP contribution in [0.25, 0.3) is 10.9 Å². The molecular weight excluding hydrogens is 269 g/mol. The van der Waals surface area contributed by atoms with E-state index in [0.29, 0.717) is 6.54 Å². The van der Waals surface area contributed by atoms with Gasteiger partial charge in [-0.25, -0.2) is 14.4 Å². The first-order chi connectivity index (χ1) is 10.3. The maximum atomic E-state index is 12.9. The fourth-order valence-electron chi connectivity index (χ4n) is 2.09. The summed E-state index contributed by atoms with van der Waals surface area (Å²) >= 11 is 0. The molecule has 0 spiro atoms. The summed E-state index contributed by atoms with van der Waals surface area (Å²) < 4.78 is 18.1. The van der Waals surface area contributed by atoms with Crippen LogP contribution in [0.15, 0.2) is 48.8 Å². The fourth-order valence-corrected chi connectivity index (χ4v) is 2.09. The third-order valence-corrected chi connectivity index (χ3v) is 3.22. The van der Waals surface area contributed by atoms with E-state index < -0.39 is 0 Å². The zero-order valence-electron chi connectivity index (χ0n) is 11.5. The Morgan fingerprint density at radius 3 is 2.67 bits per heavy atom. The lowest BCUT2D eigenvalue weighted by Crippen LogP contribution is -2.02. The third kappa shape index (κ3) is 2.91. The number of methoxy groups -OCH3 is 1. The molecule has 0 radical (unpaired) electrons. The fraction of sp³-hybridized carbons (Fsp3) is 0.125.